The molecule has 4 rings (SSSR count). The van der Waals surface area contributed by atoms with E-state index >= 15 is 0 Å². The van der Waals surface area contributed by atoms with E-state index in [0.717, 1.165) is 31.4 Å². The average molecular weight is 261 g/mol. The van der Waals surface area contributed by atoms with Gasteiger partial charge in [0.1, 0.15) is 5.76 Å². The predicted octanol–water partition coefficient (Wildman–Crippen LogP) is 1.56. The van der Waals surface area contributed by atoms with Crippen molar-refractivity contribution in [3.05, 3.63) is 17.5 Å². The third-order valence-electron chi connectivity index (χ3n) is 4.55. The van der Waals surface area contributed by atoms with Gasteiger partial charge in [-0.3, -0.25) is 4.79 Å². The lowest BCUT2D eigenvalue weighted by atomic mass is 10.00. The van der Waals surface area contributed by atoms with Crippen molar-refractivity contribution in [3.63, 3.8) is 0 Å². The first-order valence-corrected chi connectivity index (χ1v) is 7.31. The molecule has 1 aliphatic carbocycles. The third-order valence-corrected chi connectivity index (χ3v) is 4.55. The molecule has 0 spiro atoms. The summed E-state index contributed by atoms with van der Waals surface area (Å²) >= 11 is 0. The Kier molecular flexibility index (Phi) is 2.62. The first kappa shape index (κ1) is 11.5. The standard InChI is InChI=1S/C14H19N3O2/c18-14(12-7-13(19-17-12)8-1-2-8)16-11-5-9-3-4-10(6-11)15-9/h7-11,15H,1-6H2,(H,16,18). The molecule has 3 heterocycles. The van der Waals surface area contributed by atoms with Crippen LogP contribution in [0.25, 0.3) is 0 Å². The van der Waals surface area contributed by atoms with Crippen molar-refractivity contribution in [1.29, 1.82) is 0 Å². The fraction of sp³-hybridized carbons (Fsp3) is 0.714. The molecule has 2 atom stereocenters. The van der Waals surface area contributed by atoms with Crippen LogP contribution in [0.5, 0.6) is 0 Å². The Hall–Kier alpha value is -1.36. The van der Waals surface area contributed by atoms with E-state index in [1.54, 1.807) is 0 Å². The number of aromatic nitrogens is 1. The lowest BCUT2D eigenvalue weighted by molar-refractivity contribution is 0.0914. The minimum atomic E-state index is -0.0815. The Labute approximate surface area is 112 Å². The zero-order valence-corrected chi connectivity index (χ0v) is 10.9. The van der Waals surface area contributed by atoms with Gasteiger partial charge in [0, 0.05) is 30.1 Å². The summed E-state index contributed by atoms with van der Waals surface area (Å²) in [5.41, 5.74) is 0.438. The Morgan fingerprint density at radius 2 is 2.00 bits per heavy atom. The number of carbonyl (C=O) groups is 1. The minimum Gasteiger partial charge on any atom is -0.360 e. The van der Waals surface area contributed by atoms with Gasteiger partial charge in [-0.05, 0) is 38.5 Å². The zero-order chi connectivity index (χ0) is 12.8. The van der Waals surface area contributed by atoms with Crippen LogP contribution in [0.2, 0.25) is 0 Å². The minimum absolute atomic E-state index is 0.0815. The van der Waals surface area contributed by atoms with Gasteiger partial charge in [-0.2, -0.15) is 0 Å². The highest BCUT2D eigenvalue weighted by Crippen LogP contribution is 2.40. The van der Waals surface area contributed by atoms with Gasteiger partial charge in [-0.1, -0.05) is 5.16 Å². The van der Waals surface area contributed by atoms with E-state index in [4.69, 9.17) is 4.52 Å². The van der Waals surface area contributed by atoms with Crippen molar-refractivity contribution >= 4 is 5.91 Å². The zero-order valence-electron chi connectivity index (χ0n) is 10.9. The molecule has 2 saturated heterocycles. The maximum Gasteiger partial charge on any atom is 0.273 e. The van der Waals surface area contributed by atoms with Crippen molar-refractivity contribution in [2.75, 3.05) is 0 Å². The fourth-order valence-corrected chi connectivity index (χ4v) is 3.39. The molecule has 2 N–H and O–H groups in total. The van der Waals surface area contributed by atoms with Gasteiger partial charge in [-0.25, -0.2) is 0 Å². The Bertz CT molecular complexity index is 483. The van der Waals surface area contributed by atoms with Crippen molar-refractivity contribution in [2.45, 2.75) is 62.6 Å². The SMILES string of the molecule is O=C(NC1CC2CCC(C1)N2)c1cc(C2CC2)on1. The van der Waals surface area contributed by atoms with Gasteiger partial charge in [0.2, 0.25) is 0 Å². The van der Waals surface area contributed by atoms with Crippen LogP contribution in [-0.2, 0) is 0 Å². The fourth-order valence-electron chi connectivity index (χ4n) is 3.39. The van der Waals surface area contributed by atoms with Crippen LogP contribution in [0, 0.1) is 0 Å². The molecule has 102 valence electrons. The number of hydrogen-bond donors (Lipinski definition) is 2. The molecule has 3 fully saturated rings. The van der Waals surface area contributed by atoms with Crippen LogP contribution in [0.3, 0.4) is 0 Å². The molecule has 2 unspecified atom stereocenters. The number of rotatable bonds is 3. The Morgan fingerprint density at radius 3 is 2.68 bits per heavy atom. The summed E-state index contributed by atoms with van der Waals surface area (Å²) in [6, 6.07) is 3.27. The second kappa shape index (κ2) is 4.34. The van der Waals surface area contributed by atoms with E-state index in [1.807, 2.05) is 6.07 Å². The Morgan fingerprint density at radius 1 is 1.26 bits per heavy atom. The summed E-state index contributed by atoms with van der Waals surface area (Å²) in [5, 5.41) is 10.6. The monoisotopic (exact) mass is 261 g/mol. The number of nitrogens with one attached hydrogen (secondary N) is 2. The molecular formula is C14H19N3O2. The van der Waals surface area contributed by atoms with E-state index in [0.29, 0.717) is 23.7 Å². The van der Waals surface area contributed by atoms with Gasteiger partial charge in [-0.15, -0.1) is 0 Å². The summed E-state index contributed by atoms with van der Waals surface area (Å²) in [6.07, 6.45) is 6.88. The number of carbonyl (C=O) groups excluding carboxylic acids is 1. The van der Waals surface area contributed by atoms with Crippen molar-refractivity contribution < 1.29 is 9.32 Å². The van der Waals surface area contributed by atoms with E-state index in [1.165, 1.54) is 12.8 Å². The molecule has 0 radical (unpaired) electrons. The second-order valence-corrected chi connectivity index (χ2v) is 6.17. The molecule has 5 nitrogen and oxygen atoms in total. The third kappa shape index (κ3) is 2.27. The van der Waals surface area contributed by atoms with Gasteiger partial charge in [0.25, 0.3) is 5.91 Å². The first-order valence-electron chi connectivity index (χ1n) is 7.31. The molecule has 1 aromatic rings. The van der Waals surface area contributed by atoms with Gasteiger partial charge in [0.15, 0.2) is 5.69 Å². The van der Waals surface area contributed by atoms with Crippen LogP contribution in [0.1, 0.15) is 60.7 Å². The molecule has 1 aromatic heterocycles. The number of amides is 1. The molecule has 2 bridgehead atoms. The molecule has 0 aromatic carbocycles. The molecule has 1 saturated carbocycles. The molecule has 1 amide bonds. The van der Waals surface area contributed by atoms with Crippen LogP contribution in [0.4, 0.5) is 0 Å². The summed E-state index contributed by atoms with van der Waals surface area (Å²) < 4.78 is 5.23. The summed E-state index contributed by atoms with van der Waals surface area (Å²) in [6.45, 7) is 0. The Balaban J connectivity index is 1.40. The molecule has 19 heavy (non-hydrogen) atoms. The average Bonchev–Trinajstić information content (AvgIpc) is 3.03. The molecular weight excluding hydrogens is 242 g/mol. The van der Waals surface area contributed by atoms with Crippen molar-refractivity contribution in [3.8, 4) is 0 Å². The highest BCUT2D eigenvalue weighted by Gasteiger charge is 2.35. The number of fused-ring (bicyclic) bond motifs is 2. The van der Waals surface area contributed by atoms with Crippen molar-refractivity contribution in [1.82, 2.24) is 15.8 Å². The summed E-state index contributed by atoms with van der Waals surface area (Å²) in [5.74, 6) is 1.29. The lowest BCUT2D eigenvalue weighted by Gasteiger charge is -2.29. The highest BCUT2D eigenvalue weighted by atomic mass is 16.5. The van der Waals surface area contributed by atoms with Crippen LogP contribution < -0.4 is 10.6 Å². The molecule has 5 heteroatoms. The second-order valence-electron chi connectivity index (χ2n) is 6.17. The largest absolute Gasteiger partial charge is 0.360 e. The summed E-state index contributed by atoms with van der Waals surface area (Å²) in [4.78, 5) is 12.1. The highest BCUT2D eigenvalue weighted by molar-refractivity contribution is 5.92. The molecule has 3 aliphatic rings. The maximum atomic E-state index is 12.1. The predicted molar refractivity (Wildman–Crippen MR) is 68.9 cm³/mol. The topological polar surface area (TPSA) is 67.2 Å². The van der Waals surface area contributed by atoms with E-state index in [9.17, 15) is 4.79 Å². The molecule has 2 aliphatic heterocycles. The van der Waals surface area contributed by atoms with Crippen LogP contribution in [-0.4, -0.2) is 29.2 Å². The van der Waals surface area contributed by atoms with Gasteiger partial charge in [0.05, 0.1) is 0 Å². The van der Waals surface area contributed by atoms with E-state index in [2.05, 4.69) is 15.8 Å². The normalized spacial score (nSPS) is 33.4. The van der Waals surface area contributed by atoms with Gasteiger partial charge < -0.3 is 15.2 Å². The smallest absolute Gasteiger partial charge is 0.273 e. The maximum absolute atomic E-state index is 12.1. The first-order chi connectivity index (χ1) is 9.28. The number of nitrogens with zero attached hydrogens (tertiary/aromatic N) is 1. The van der Waals surface area contributed by atoms with E-state index in [-0.39, 0.29) is 11.9 Å². The number of piperidine rings is 1. The van der Waals surface area contributed by atoms with Gasteiger partial charge >= 0.3 is 0 Å². The van der Waals surface area contributed by atoms with Crippen LogP contribution in [0.15, 0.2) is 10.6 Å². The quantitative estimate of drug-likeness (QED) is 0.866. The van der Waals surface area contributed by atoms with Crippen molar-refractivity contribution in [2.24, 2.45) is 0 Å². The number of hydrogen-bond acceptors (Lipinski definition) is 4. The summed E-state index contributed by atoms with van der Waals surface area (Å²) in [7, 11) is 0. The van der Waals surface area contributed by atoms with E-state index < -0.39 is 0 Å². The lowest BCUT2D eigenvalue weighted by Crippen LogP contribution is -2.48. The van der Waals surface area contributed by atoms with Crippen LogP contribution >= 0.6 is 0 Å².